The number of rotatable bonds is 2. The van der Waals surface area contributed by atoms with Crippen molar-refractivity contribution in [1.82, 2.24) is 19.5 Å². The van der Waals surface area contributed by atoms with E-state index in [0.717, 1.165) is 12.8 Å². The second kappa shape index (κ2) is 6.33. The zero-order chi connectivity index (χ0) is 14.7. The van der Waals surface area contributed by atoms with Crippen LogP contribution in [0.1, 0.15) is 19.1 Å². The summed E-state index contributed by atoms with van der Waals surface area (Å²) >= 11 is 5.81. The van der Waals surface area contributed by atoms with Gasteiger partial charge in [0.1, 0.15) is 6.23 Å². The normalized spacial score (nSPS) is 21.4. The van der Waals surface area contributed by atoms with E-state index in [1.165, 1.54) is 0 Å². The maximum absolute atomic E-state index is 8.99. The van der Waals surface area contributed by atoms with Gasteiger partial charge in [0.25, 0.3) is 0 Å². The van der Waals surface area contributed by atoms with Gasteiger partial charge in [0.2, 0.25) is 5.28 Å². The Hall–Kier alpha value is -1.45. The summed E-state index contributed by atoms with van der Waals surface area (Å²) in [6, 6.07) is 0. The number of nitrogens with zero attached hydrogens (tertiary/aromatic N) is 4. The lowest BCUT2D eigenvalue weighted by atomic mass is 10.3. The Labute approximate surface area is 122 Å². The first-order valence-electron chi connectivity index (χ1n) is 5.73. The van der Waals surface area contributed by atoms with Crippen molar-refractivity contribution >= 4 is 37.8 Å². The summed E-state index contributed by atoms with van der Waals surface area (Å²) in [5, 5.41) is 9.04. The monoisotopic (exact) mass is 313 g/mol. The second-order valence-electron chi connectivity index (χ2n) is 3.98. The fourth-order valence-electron chi connectivity index (χ4n) is 2.03. The summed E-state index contributed by atoms with van der Waals surface area (Å²) in [7, 11) is 2.64. The molecular formula is C11H13ClN5O2P. The summed E-state index contributed by atoms with van der Waals surface area (Å²) in [4.78, 5) is 12.1. The number of aromatic nitrogens is 4. The predicted molar refractivity (Wildman–Crippen MR) is 78.5 cm³/mol. The van der Waals surface area contributed by atoms with Crippen LogP contribution in [0.4, 0.5) is 5.82 Å². The Balaban J connectivity index is 0.000000704. The van der Waals surface area contributed by atoms with Gasteiger partial charge in [-0.1, -0.05) is 0 Å². The van der Waals surface area contributed by atoms with Crippen molar-refractivity contribution in [3.05, 3.63) is 11.6 Å². The smallest absolute Gasteiger partial charge is 0.226 e. The summed E-state index contributed by atoms with van der Waals surface area (Å²) in [5.41, 5.74) is 2.96. The highest BCUT2D eigenvalue weighted by Gasteiger charge is 2.26. The van der Waals surface area contributed by atoms with Crippen molar-refractivity contribution in [2.45, 2.75) is 24.9 Å². The van der Waals surface area contributed by atoms with Crippen LogP contribution in [-0.2, 0) is 4.74 Å². The van der Waals surface area contributed by atoms with E-state index in [9.17, 15) is 0 Å². The third-order valence-corrected chi connectivity index (χ3v) is 3.50. The summed E-state index contributed by atoms with van der Waals surface area (Å²) in [6.07, 6.45) is 11.3. The third kappa shape index (κ3) is 2.69. The highest BCUT2D eigenvalue weighted by molar-refractivity contribution is 7.17. The Morgan fingerprint density at radius 3 is 2.80 bits per heavy atom. The van der Waals surface area contributed by atoms with Gasteiger partial charge < -0.3 is 4.74 Å². The minimum Gasteiger partial charge on any atom is -0.351 e. The van der Waals surface area contributed by atoms with Gasteiger partial charge in [-0.05, 0) is 24.4 Å². The number of nitrogens with one attached hydrogen (secondary N) is 1. The lowest BCUT2D eigenvalue weighted by Crippen LogP contribution is -2.08. The number of halogens is 1. The number of terminal acetylenes is 1. The molecule has 1 saturated heterocycles. The maximum Gasteiger partial charge on any atom is 0.226 e. The molecule has 106 valence electrons. The number of fused-ring (bicyclic) bond motifs is 1. The van der Waals surface area contributed by atoms with E-state index < -0.39 is 0 Å². The lowest BCUT2D eigenvalue weighted by Gasteiger charge is -2.13. The Morgan fingerprint density at radius 2 is 2.20 bits per heavy atom. The van der Waals surface area contributed by atoms with E-state index in [1.807, 2.05) is 5.48 Å². The third-order valence-electron chi connectivity index (χ3n) is 2.84. The first-order chi connectivity index (χ1) is 9.69. The molecule has 1 fully saturated rings. The molecule has 2 N–H and O–H groups in total. The van der Waals surface area contributed by atoms with Gasteiger partial charge >= 0.3 is 0 Å². The quantitative estimate of drug-likeness (QED) is 0.382. The molecule has 0 radical (unpaired) electrons. The molecule has 20 heavy (non-hydrogen) atoms. The van der Waals surface area contributed by atoms with Gasteiger partial charge in [-0.3, -0.25) is 15.3 Å². The number of ether oxygens (including phenoxy) is 1. The summed E-state index contributed by atoms with van der Waals surface area (Å²) in [6.45, 7) is 0. The Bertz CT molecular complexity index is 632. The van der Waals surface area contributed by atoms with Crippen LogP contribution in [0.3, 0.4) is 0 Å². The first kappa shape index (κ1) is 14.9. The molecule has 0 spiro atoms. The molecule has 0 aliphatic carbocycles. The molecule has 7 nitrogen and oxygen atoms in total. The number of imidazole rings is 1. The van der Waals surface area contributed by atoms with E-state index >= 15 is 0 Å². The predicted octanol–water partition coefficient (Wildman–Crippen LogP) is 2.04. The van der Waals surface area contributed by atoms with Crippen LogP contribution >= 0.6 is 20.8 Å². The van der Waals surface area contributed by atoms with Crippen LogP contribution < -0.4 is 5.48 Å². The zero-order valence-corrected chi connectivity index (χ0v) is 12.3. The van der Waals surface area contributed by atoms with Crippen LogP contribution in [-0.4, -0.2) is 30.6 Å². The van der Waals surface area contributed by atoms with Crippen molar-refractivity contribution in [2.24, 2.45) is 0 Å². The van der Waals surface area contributed by atoms with Gasteiger partial charge in [-0.2, -0.15) is 9.97 Å². The number of hydrogen-bond acceptors (Lipinski definition) is 6. The fourth-order valence-corrected chi connectivity index (χ4v) is 2.57. The average Bonchev–Trinajstić information content (AvgIpc) is 3.06. The molecule has 1 unspecified atom stereocenters. The second-order valence-corrected chi connectivity index (χ2v) is 5.07. The molecule has 1 aliphatic rings. The molecule has 3 rings (SSSR count). The number of anilines is 1. The van der Waals surface area contributed by atoms with Crippen molar-refractivity contribution in [3.63, 3.8) is 0 Å². The average molecular weight is 314 g/mol. The molecule has 0 aromatic carbocycles. The van der Waals surface area contributed by atoms with Gasteiger partial charge in [0.05, 0.1) is 12.2 Å². The van der Waals surface area contributed by atoms with E-state index in [0.29, 0.717) is 11.2 Å². The largest absolute Gasteiger partial charge is 0.351 e. The van der Waals surface area contributed by atoms with Crippen molar-refractivity contribution in [2.75, 3.05) is 5.48 Å². The molecular weight excluding hydrogens is 301 g/mol. The molecule has 0 amide bonds. The molecule has 0 saturated carbocycles. The van der Waals surface area contributed by atoms with Crippen LogP contribution in [0.2, 0.25) is 5.28 Å². The topological polar surface area (TPSA) is 85.1 Å². The fraction of sp³-hybridized carbons (Fsp3) is 0.364. The van der Waals surface area contributed by atoms with Crippen LogP contribution in [0, 0.1) is 12.8 Å². The Morgan fingerprint density at radius 1 is 1.45 bits per heavy atom. The molecule has 3 heterocycles. The van der Waals surface area contributed by atoms with Crippen LogP contribution in [0.5, 0.6) is 0 Å². The van der Waals surface area contributed by atoms with E-state index in [-0.39, 0.29) is 23.2 Å². The highest BCUT2D eigenvalue weighted by Crippen LogP contribution is 2.33. The molecule has 1 aliphatic heterocycles. The van der Waals surface area contributed by atoms with Crippen molar-refractivity contribution < 1.29 is 9.94 Å². The molecule has 3 atom stereocenters. The van der Waals surface area contributed by atoms with E-state index in [4.69, 9.17) is 21.5 Å². The van der Waals surface area contributed by atoms with Gasteiger partial charge in [-0.15, -0.1) is 22.1 Å². The molecule has 0 bridgehead atoms. The molecule has 2 aromatic rings. The van der Waals surface area contributed by atoms with Gasteiger partial charge in [0.15, 0.2) is 17.0 Å². The minimum absolute atomic E-state index is 0.0428. The van der Waals surface area contributed by atoms with Crippen molar-refractivity contribution in [1.29, 1.82) is 0 Å². The van der Waals surface area contributed by atoms with Crippen LogP contribution in [0.25, 0.3) is 11.2 Å². The van der Waals surface area contributed by atoms with Crippen LogP contribution in [0.15, 0.2) is 6.33 Å². The minimum atomic E-state index is -0.116. The molecule has 2 aromatic heterocycles. The lowest BCUT2D eigenvalue weighted by molar-refractivity contribution is 0.0432. The SMILES string of the molecule is C#C.ONc1nc(Cl)nc2c1ncn2[C@H]1CC[C@@H](P)O1. The van der Waals surface area contributed by atoms with Crippen molar-refractivity contribution in [3.8, 4) is 12.8 Å². The van der Waals surface area contributed by atoms with Gasteiger partial charge in [-0.25, -0.2) is 4.98 Å². The van der Waals surface area contributed by atoms with Gasteiger partial charge in [0, 0.05) is 0 Å². The molecule has 9 heteroatoms. The Kier molecular flexibility index (Phi) is 4.73. The summed E-state index contributed by atoms with van der Waals surface area (Å²) in [5.74, 6) is 0.323. The van der Waals surface area contributed by atoms with E-state index in [1.54, 1.807) is 10.9 Å². The first-order valence-corrected chi connectivity index (χ1v) is 6.78. The standard InChI is InChI=1S/C9H11ClN5O2P.C2H2/c10-9-12-7(14-16)6-8(13-9)15(3-11-6)4-1-2-5(18)17-4;1-2/h3-5,16H,1-2,18H2,(H,12,13,14);1-2H/t4-,5-;/m1./s1. The maximum atomic E-state index is 8.99. The summed E-state index contributed by atoms with van der Waals surface area (Å²) < 4.78 is 7.53. The van der Waals surface area contributed by atoms with E-state index in [2.05, 4.69) is 37.0 Å². The zero-order valence-electron chi connectivity index (χ0n) is 10.4. The number of hydrogen-bond donors (Lipinski definition) is 2. The highest BCUT2D eigenvalue weighted by atomic mass is 35.5.